The van der Waals surface area contributed by atoms with Gasteiger partial charge in [-0.1, -0.05) is 29.5 Å². The van der Waals surface area contributed by atoms with Gasteiger partial charge in [0.25, 0.3) is 0 Å². The highest BCUT2D eigenvalue weighted by molar-refractivity contribution is 8.00. The van der Waals surface area contributed by atoms with Crippen LogP contribution >= 0.6 is 11.8 Å². The minimum absolute atomic E-state index is 0.121. The third-order valence-electron chi connectivity index (χ3n) is 4.11. The van der Waals surface area contributed by atoms with Gasteiger partial charge in [-0.2, -0.15) is 4.68 Å². The quantitative estimate of drug-likeness (QED) is 0.611. The molecule has 1 atom stereocenters. The van der Waals surface area contributed by atoms with Gasteiger partial charge in [0, 0.05) is 5.69 Å². The molecule has 8 heteroatoms. The van der Waals surface area contributed by atoms with Crippen molar-refractivity contribution in [2.24, 2.45) is 0 Å². The number of carbonyl (C=O) groups excluding carboxylic acids is 1. The van der Waals surface area contributed by atoms with Crippen molar-refractivity contribution in [2.75, 3.05) is 11.9 Å². The van der Waals surface area contributed by atoms with Crippen molar-refractivity contribution in [2.45, 2.75) is 38.1 Å². The SMILES string of the molecule is CCOc1ccc(NC(=O)C(C)Sc2nnnn2-c2ccc(C)cc2C)cc1. The molecule has 1 aromatic heterocycles. The summed E-state index contributed by atoms with van der Waals surface area (Å²) in [5, 5.41) is 15.1. The van der Waals surface area contributed by atoms with Crippen LogP contribution in [0.25, 0.3) is 5.69 Å². The van der Waals surface area contributed by atoms with E-state index in [9.17, 15) is 4.79 Å². The summed E-state index contributed by atoms with van der Waals surface area (Å²) in [6, 6.07) is 13.4. The number of thioether (sulfide) groups is 1. The summed E-state index contributed by atoms with van der Waals surface area (Å²) in [7, 11) is 0. The Morgan fingerprint density at radius 2 is 1.96 bits per heavy atom. The van der Waals surface area contributed by atoms with Crippen molar-refractivity contribution in [1.29, 1.82) is 0 Å². The molecule has 7 nitrogen and oxygen atoms in total. The lowest BCUT2D eigenvalue weighted by atomic mass is 10.1. The lowest BCUT2D eigenvalue weighted by molar-refractivity contribution is -0.115. The van der Waals surface area contributed by atoms with Crippen LogP contribution in [0.15, 0.2) is 47.6 Å². The van der Waals surface area contributed by atoms with E-state index in [1.807, 2.05) is 64.1 Å². The fourth-order valence-electron chi connectivity index (χ4n) is 2.70. The van der Waals surface area contributed by atoms with E-state index in [2.05, 4.69) is 26.9 Å². The summed E-state index contributed by atoms with van der Waals surface area (Å²) in [6.45, 7) is 8.42. The molecule has 28 heavy (non-hydrogen) atoms. The highest BCUT2D eigenvalue weighted by atomic mass is 32.2. The number of nitrogens with zero attached hydrogens (tertiary/aromatic N) is 4. The van der Waals surface area contributed by atoms with Gasteiger partial charge in [0.1, 0.15) is 5.75 Å². The van der Waals surface area contributed by atoms with Gasteiger partial charge in [-0.25, -0.2) is 0 Å². The second kappa shape index (κ2) is 8.88. The lowest BCUT2D eigenvalue weighted by Gasteiger charge is -2.13. The predicted octanol–water partition coefficient (Wildman–Crippen LogP) is 3.80. The second-order valence-electron chi connectivity index (χ2n) is 6.37. The first-order valence-electron chi connectivity index (χ1n) is 9.04. The summed E-state index contributed by atoms with van der Waals surface area (Å²) >= 11 is 1.31. The zero-order chi connectivity index (χ0) is 20.1. The molecule has 0 fully saturated rings. The van der Waals surface area contributed by atoms with Crippen LogP contribution in [0.3, 0.4) is 0 Å². The van der Waals surface area contributed by atoms with Gasteiger partial charge in [0.2, 0.25) is 11.1 Å². The van der Waals surface area contributed by atoms with E-state index >= 15 is 0 Å². The largest absolute Gasteiger partial charge is 0.494 e. The Balaban J connectivity index is 1.68. The smallest absolute Gasteiger partial charge is 0.237 e. The number of aromatic nitrogens is 4. The zero-order valence-electron chi connectivity index (χ0n) is 16.3. The zero-order valence-corrected chi connectivity index (χ0v) is 17.2. The minimum Gasteiger partial charge on any atom is -0.494 e. The van der Waals surface area contributed by atoms with Gasteiger partial charge in [-0.15, -0.1) is 5.10 Å². The van der Waals surface area contributed by atoms with Crippen LogP contribution in [0.2, 0.25) is 0 Å². The van der Waals surface area contributed by atoms with Crippen LogP contribution in [0.1, 0.15) is 25.0 Å². The summed E-state index contributed by atoms with van der Waals surface area (Å²) in [5.41, 5.74) is 3.86. The first kappa shape index (κ1) is 19.9. The number of hydrogen-bond acceptors (Lipinski definition) is 6. The highest BCUT2D eigenvalue weighted by Crippen LogP contribution is 2.26. The number of anilines is 1. The Hall–Kier alpha value is -2.87. The molecule has 0 spiro atoms. The van der Waals surface area contributed by atoms with Gasteiger partial charge in [-0.3, -0.25) is 4.79 Å². The van der Waals surface area contributed by atoms with Crippen molar-refractivity contribution < 1.29 is 9.53 Å². The van der Waals surface area contributed by atoms with Crippen LogP contribution in [0, 0.1) is 13.8 Å². The molecule has 146 valence electrons. The Labute approximate surface area is 168 Å². The Morgan fingerprint density at radius 3 is 2.64 bits per heavy atom. The van der Waals surface area contributed by atoms with E-state index in [-0.39, 0.29) is 11.2 Å². The maximum atomic E-state index is 12.6. The molecule has 2 aromatic carbocycles. The number of rotatable bonds is 7. The van der Waals surface area contributed by atoms with Gasteiger partial charge in [0.15, 0.2) is 0 Å². The van der Waals surface area contributed by atoms with E-state index in [1.165, 1.54) is 17.3 Å². The van der Waals surface area contributed by atoms with Gasteiger partial charge in [0.05, 0.1) is 17.5 Å². The predicted molar refractivity (Wildman–Crippen MR) is 110 cm³/mol. The molecule has 1 heterocycles. The molecule has 3 aromatic rings. The van der Waals surface area contributed by atoms with E-state index < -0.39 is 0 Å². The fourth-order valence-corrected chi connectivity index (χ4v) is 3.50. The molecule has 3 rings (SSSR count). The molecular formula is C20H23N5O2S. The van der Waals surface area contributed by atoms with Gasteiger partial charge in [-0.05, 0) is 74.0 Å². The van der Waals surface area contributed by atoms with Crippen molar-refractivity contribution in [3.05, 3.63) is 53.6 Å². The molecule has 0 saturated carbocycles. The molecule has 0 radical (unpaired) electrons. The second-order valence-corrected chi connectivity index (χ2v) is 7.68. The van der Waals surface area contributed by atoms with Crippen LogP contribution < -0.4 is 10.1 Å². The molecular weight excluding hydrogens is 374 g/mol. The Bertz CT molecular complexity index is 955. The number of benzene rings is 2. The fraction of sp³-hybridized carbons (Fsp3) is 0.300. The number of ether oxygens (including phenoxy) is 1. The third-order valence-corrected chi connectivity index (χ3v) is 5.14. The monoisotopic (exact) mass is 397 g/mol. The molecule has 0 aliphatic heterocycles. The average molecular weight is 398 g/mol. The van der Waals surface area contributed by atoms with E-state index in [0.717, 1.165) is 22.7 Å². The number of nitrogens with one attached hydrogen (secondary N) is 1. The molecule has 0 saturated heterocycles. The molecule has 0 bridgehead atoms. The number of tetrazole rings is 1. The number of aryl methyl sites for hydroxylation is 2. The molecule has 0 aliphatic rings. The van der Waals surface area contributed by atoms with Crippen molar-refractivity contribution in [3.8, 4) is 11.4 Å². The van der Waals surface area contributed by atoms with E-state index in [1.54, 1.807) is 4.68 Å². The normalized spacial score (nSPS) is 11.9. The Kier molecular flexibility index (Phi) is 6.30. The maximum Gasteiger partial charge on any atom is 0.237 e. The van der Waals surface area contributed by atoms with Gasteiger partial charge < -0.3 is 10.1 Å². The molecule has 1 unspecified atom stereocenters. The summed E-state index contributed by atoms with van der Waals surface area (Å²) in [5.74, 6) is 0.653. The highest BCUT2D eigenvalue weighted by Gasteiger charge is 2.20. The summed E-state index contributed by atoms with van der Waals surface area (Å²) in [4.78, 5) is 12.6. The van der Waals surface area contributed by atoms with Crippen LogP contribution in [0.5, 0.6) is 5.75 Å². The summed E-state index contributed by atoms with van der Waals surface area (Å²) < 4.78 is 7.08. The molecule has 1 amide bonds. The number of amides is 1. The summed E-state index contributed by atoms with van der Waals surface area (Å²) in [6.07, 6.45) is 0. The topological polar surface area (TPSA) is 81.9 Å². The number of carbonyl (C=O) groups is 1. The minimum atomic E-state index is -0.373. The van der Waals surface area contributed by atoms with Gasteiger partial charge >= 0.3 is 0 Å². The number of hydrogen-bond donors (Lipinski definition) is 1. The van der Waals surface area contributed by atoms with Crippen molar-refractivity contribution in [3.63, 3.8) is 0 Å². The van der Waals surface area contributed by atoms with Crippen molar-refractivity contribution >= 4 is 23.4 Å². The Morgan fingerprint density at radius 1 is 1.21 bits per heavy atom. The molecule has 0 aliphatic carbocycles. The van der Waals surface area contributed by atoms with Crippen molar-refractivity contribution in [1.82, 2.24) is 20.2 Å². The van der Waals surface area contributed by atoms with E-state index in [0.29, 0.717) is 11.8 Å². The van der Waals surface area contributed by atoms with E-state index in [4.69, 9.17) is 4.74 Å². The average Bonchev–Trinajstić information content (AvgIpc) is 3.11. The lowest BCUT2D eigenvalue weighted by Crippen LogP contribution is -2.23. The standard InChI is InChI=1S/C20H23N5O2S/c1-5-27-17-9-7-16(8-10-17)21-19(26)15(4)28-20-22-23-24-25(20)18-11-6-13(2)12-14(18)3/h6-12,15H,5H2,1-4H3,(H,21,26). The first-order chi connectivity index (χ1) is 13.5. The maximum absolute atomic E-state index is 12.6. The first-order valence-corrected chi connectivity index (χ1v) is 9.92. The molecule has 1 N–H and O–H groups in total. The van der Waals surface area contributed by atoms with Crippen LogP contribution in [0.4, 0.5) is 5.69 Å². The van der Waals surface area contributed by atoms with Crippen LogP contribution in [-0.2, 0) is 4.79 Å². The van der Waals surface area contributed by atoms with Crippen LogP contribution in [-0.4, -0.2) is 38.0 Å². The third kappa shape index (κ3) is 4.69.